The fraction of sp³-hybridized carbons (Fsp3) is 0.125. The maximum atomic E-state index is 11.5. The minimum Gasteiger partial charge on any atom is -0.351 e. The highest BCUT2D eigenvalue weighted by Crippen LogP contribution is 2.08. The summed E-state index contributed by atoms with van der Waals surface area (Å²) >= 11 is 0. The molecule has 1 radical (unpaired) electrons. The van der Waals surface area contributed by atoms with Crippen LogP contribution < -0.4 is 5.73 Å². The lowest BCUT2D eigenvalue weighted by molar-refractivity contribution is 0.209. The number of urea groups is 1. The van der Waals surface area contributed by atoms with Crippen LogP contribution in [0.4, 0.5) is 4.79 Å². The number of hydrogen-bond acceptors (Lipinski definition) is 1. The summed E-state index contributed by atoms with van der Waals surface area (Å²) in [5.41, 5.74) is 7.57. The number of carbonyl (C=O) groups is 1. The maximum absolute atomic E-state index is 11.5. The molecule has 3 nitrogen and oxygen atoms in total. The second-order valence-electron chi connectivity index (χ2n) is 4.32. The lowest BCUT2D eigenvalue weighted by Gasteiger charge is -2.20. The Labute approximate surface area is 113 Å². The zero-order valence-electron chi connectivity index (χ0n) is 10.7. The van der Waals surface area contributed by atoms with Crippen LogP contribution in [0.15, 0.2) is 60.7 Å². The third kappa shape index (κ3) is 4.14. The van der Waals surface area contributed by atoms with Crippen LogP contribution in [0.25, 0.3) is 0 Å². The van der Waals surface area contributed by atoms with Gasteiger partial charge in [0, 0.05) is 19.5 Å². The van der Waals surface area contributed by atoms with Gasteiger partial charge >= 0.3 is 6.03 Å². The monoisotopic (exact) mass is 253 g/mol. The molecule has 0 fully saturated rings. The lowest BCUT2D eigenvalue weighted by Crippen LogP contribution is -2.36. The molecule has 2 rings (SSSR count). The van der Waals surface area contributed by atoms with Crippen LogP contribution in [0.2, 0.25) is 0 Å². The number of amides is 2. The van der Waals surface area contributed by atoms with Crippen molar-refractivity contribution in [2.75, 3.05) is 6.54 Å². The Morgan fingerprint density at radius 1 is 1.00 bits per heavy atom. The van der Waals surface area contributed by atoms with Crippen molar-refractivity contribution in [3.05, 3.63) is 78.2 Å². The van der Waals surface area contributed by atoms with Crippen molar-refractivity contribution < 1.29 is 4.79 Å². The molecule has 0 spiro atoms. The van der Waals surface area contributed by atoms with Crippen molar-refractivity contribution in [3.8, 4) is 0 Å². The van der Waals surface area contributed by atoms with Gasteiger partial charge in [0.25, 0.3) is 0 Å². The molecule has 0 unspecified atom stereocenters. The summed E-state index contributed by atoms with van der Waals surface area (Å²) in [5.74, 6) is 0. The van der Waals surface area contributed by atoms with Gasteiger partial charge in [0.2, 0.25) is 0 Å². The van der Waals surface area contributed by atoms with E-state index in [1.54, 1.807) is 4.90 Å². The van der Waals surface area contributed by atoms with Gasteiger partial charge in [-0.05, 0) is 11.1 Å². The predicted octanol–water partition coefficient (Wildman–Crippen LogP) is 2.82. The van der Waals surface area contributed by atoms with E-state index in [1.807, 2.05) is 67.1 Å². The highest BCUT2D eigenvalue weighted by Gasteiger charge is 2.10. The highest BCUT2D eigenvalue weighted by atomic mass is 16.2. The molecule has 0 saturated carbocycles. The number of nitrogens with zero attached hydrogens (tertiary/aromatic N) is 1. The number of benzene rings is 2. The Kier molecular flexibility index (Phi) is 4.56. The van der Waals surface area contributed by atoms with Gasteiger partial charge in [-0.1, -0.05) is 60.7 Å². The van der Waals surface area contributed by atoms with Gasteiger partial charge in [-0.25, -0.2) is 4.79 Å². The maximum Gasteiger partial charge on any atom is 0.315 e. The number of hydrogen-bond donors (Lipinski definition) is 1. The molecule has 0 aliphatic carbocycles. The molecule has 2 aromatic rings. The molecule has 3 heteroatoms. The SMILES string of the molecule is NC(=O)N(C[CH]c1ccccc1)Cc1ccccc1. The van der Waals surface area contributed by atoms with Gasteiger partial charge < -0.3 is 10.6 Å². The van der Waals surface area contributed by atoms with Crippen LogP contribution in [0.1, 0.15) is 11.1 Å². The lowest BCUT2D eigenvalue weighted by atomic mass is 10.1. The molecule has 0 aliphatic heterocycles. The van der Waals surface area contributed by atoms with Crippen molar-refractivity contribution in [1.29, 1.82) is 0 Å². The molecular formula is C16H17N2O. The summed E-state index contributed by atoms with van der Waals surface area (Å²) in [6, 6.07) is 19.3. The Bertz CT molecular complexity index is 511. The Hall–Kier alpha value is -2.29. The van der Waals surface area contributed by atoms with Crippen molar-refractivity contribution >= 4 is 6.03 Å². The largest absolute Gasteiger partial charge is 0.351 e. The number of rotatable bonds is 5. The molecule has 0 heterocycles. The van der Waals surface area contributed by atoms with Crippen LogP contribution in [0, 0.1) is 6.42 Å². The average Bonchev–Trinajstić information content (AvgIpc) is 2.45. The van der Waals surface area contributed by atoms with E-state index < -0.39 is 6.03 Å². The van der Waals surface area contributed by atoms with E-state index in [2.05, 4.69) is 0 Å². The van der Waals surface area contributed by atoms with Gasteiger partial charge in [0.1, 0.15) is 0 Å². The first-order valence-corrected chi connectivity index (χ1v) is 6.22. The number of carbonyl (C=O) groups excluding carboxylic acids is 1. The first kappa shape index (κ1) is 13.1. The van der Waals surface area contributed by atoms with Crippen LogP contribution in [-0.4, -0.2) is 17.5 Å². The normalized spacial score (nSPS) is 10.1. The molecule has 0 saturated heterocycles. The van der Waals surface area contributed by atoms with E-state index in [0.29, 0.717) is 13.1 Å². The standard InChI is InChI=1S/C16H17N2O/c17-16(19)18(13-15-9-5-2-6-10-15)12-11-14-7-3-1-4-8-14/h1-11H,12-13H2,(H2,17,19). The smallest absolute Gasteiger partial charge is 0.315 e. The Morgan fingerprint density at radius 2 is 1.58 bits per heavy atom. The fourth-order valence-corrected chi connectivity index (χ4v) is 1.84. The molecule has 2 amide bonds. The molecule has 2 N–H and O–H groups in total. The van der Waals surface area contributed by atoms with E-state index >= 15 is 0 Å². The average molecular weight is 253 g/mol. The minimum atomic E-state index is -0.406. The molecule has 19 heavy (non-hydrogen) atoms. The number of primary amides is 1. The van der Waals surface area contributed by atoms with Crippen LogP contribution >= 0.6 is 0 Å². The first-order valence-electron chi connectivity index (χ1n) is 6.22. The molecular weight excluding hydrogens is 236 g/mol. The van der Waals surface area contributed by atoms with Gasteiger partial charge in [0.05, 0.1) is 0 Å². The zero-order valence-corrected chi connectivity index (χ0v) is 10.7. The quantitative estimate of drug-likeness (QED) is 0.875. The molecule has 0 atom stereocenters. The van der Waals surface area contributed by atoms with Gasteiger partial charge in [0.15, 0.2) is 0 Å². The Morgan fingerprint density at radius 3 is 2.16 bits per heavy atom. The zero-order chi connectivity index (χ0) is 13.5. The van der Waals surface area contributed by atoms with E-state index in [-0.39, 0.29) is 0 Å². The third-order valence-electron chi connectivity index (χ3n) is 2.87. The van der Waals surface area contributed by atoms with Crippen LogP contribution in [0.3, 0.4) is 0 Å². The summed E-state index contributed by atoms with van der Waals surface area (Å²) in [7, 11) is 0. The molecule has 0 bridgehead atoms. The first-order chi connectivity index (χ1) is 9.25. The highest BCUT2D eigenvalue weighted by molar-refractivity contribution is 5.72. The second kappa shape index (κ2) is 6.59. The van der Waals surface area contributed by atoms with Crippen LogP contribution in [-0.2, 0) is 6.54 Å². The van der Waals surface area contributed by atoms with Crippen LogP contribution in [0.5, 0.6) is 0 Å². The second-order valence-corrected chi connectivity index (χ2v) is 4.32. The summed E-state index contributed by atoms with van der Waals surface area (Å²) in [6.45, 7) is 1.04. The van der Waals surface area contributed by atoms with Crippen molar-refractivity contribution in [2.24, 2.45) is 5.73 Å². The summed E-state index contributed by atoms with van der Waals surface area (Å²) in [4.78, 5) is 13.1. The van der Waals surface area contributed by atoms with Gasteiger partial charge in [-0.3, -0.25) is 0 Å². The molecule has 97 valence electrons. The molecule has 0 aliphatic rings. The molecule has 2 aromatic carbocycles. The van der Waals surface area contributed by atoms with Crippen molar-refractivity contribution in [1.82, 2.24) is 4.90 Å². The summed E-state index contributed by atoms with van der Waals surface area (Å²) < 4.78 is 0. The number of nitrogens with two attached hydrogens (primary N) is 1. The molecule has 0 aromatic heterocycles. The summed E-state index contributed by atoms with van der Waals surface area (Å²) in [6.07, 6.45) is 1.99. The fourth-order valence-electron chi connectivity index (χ4n) is 1.84. The van der Waals surface area contributed by atoms with Gasteiger partial charge in [-0.15, -0.1) is 0 Å². The topological polar surface area (TPSA) is 46.3 Å². The van der Waals surface area contributed by atoms with E-state index in [1.165, 1.54) is 0 Å². The van der Waals surface area contributed by atoms with E-state index in [0.717, 1.165) is 11.1 Å². The van der Waals surface area contributed by atoms with E-state index in [9.17, 15) is 4.79 Å². The van der Waals surface area contributed by atoms with Crippen molar-refractivity contribution in [3.63, 3.8) is 0 Å². The third-order valence-corrected chi connectivity index (χ3v) is 2.87. The minimum absolute atomic E-state index is 0.406. The predicted molar refractivity (Wildman–Crippen MR) is 76.3 cm³/mol. The van der Waals surface area contributed by atoms with Crippen molar-refractivity contribution in [2.45, 2.75) is 6.54 Å². The summed E-state index contributed by atoms with van der Waals surface area (Å²) in [5, 5.41) is 0. The van der Waals surface area contributed by atoms with Gasteiger partial charge in [-0.2, -0.15) is 0 Å². The Balaban J connectivity index is 1.95. The van der Waals surface area contributed by atoms with E-state index in [4.69, 9.17) is 5.73 Å².